The molecule has 1 fully saturated rings. The van der Waals surface area contributed by atoms with Crippen molar-refractivity contribution >= 4 is 30.4 Å². The Morgan fingerprint density at radius 1 is 1.40 bits per heavy atom. The summed E-state index contributed by atoms with van der Waals surface area (Å²) >= 11 is 1.13. The normalized spacial score (nSPS) is 21.0. The fourth-order valence-electron chi connectivity index (χ4n) is 2.25. The quantitative estimate of drug-likeness (QED) is 0.699. The van der Waals surface area contributed by atoms with Gasteiger partial charge in [-0.15, -0.1) is 0 Å². The zero-order chi connectivity index (χ0) is 15.3. The summed E-state index contributed by atoms with van der Waals surface area (Å²) in [4.78, 5) is 25.0. The first-order chi connectivity index (χ1) is 9.35. The lowest BCUT2D eigenvalue weighted by atomic mass is 10.2. The van der Waals surface area contributed by atoms with Gasteiger partial charge in [0.1, 0.15) is 5.78 Å². The van der Waals surface area contributed by atoms with E-state index in [0.717, 1.165) is 18.2 Å². The van der Waals surface area contributed by atoms with E-state index in [0.29, 0.717) is 18.7 Å². The molecule has 1 rings (SSSR count). The molecule has 0 N–H and O–H groups in total. The molecule has 0 aliphatic carbocycles. The first-order valence-electron chi connectivity index (χ1n) is 6.50. The second-order valence-electron chi connectivity index (χ2n) is 4.76. The minimum Gasteiger partial charge on any atom is -0.328 e. The SMILES string of the molecule is COP(=O)(OC)C1CCCN1C(=O)[C@H](C)CSC(C)=O. The van der Waals surface area contributed by atoms with Crippen LogP contribution in [0.15, 0.2) is 0 Å². The summed E-state index contributed by atoms with van der Waals surface area (Å²) in [5, 5.41) is -0.0120. The molecule has 1 aliphatic heterocycles. The van der Waals surface area contributed by atoms with Gasteiger partial charge in [0, 0.05) is 39.4 Å². The van der Waals surface area contributed by atoms with Gasteiger partial charge in [-0.1, -0.05) is 18.7 Å². The summed E-state index contributed by atoms with van der Waals surface area (Å²) in [6, 6.07) is 0. The predicted molar refractivity (Wildman–Crippen MR) is 78.7 cm³/mol. The molecule has 116 valence electrons. The molecule has 1 unspecified atom stereocenters. The van der Waals surface area contributed by atoms with Gasteiger partial charge in [-0.05, 0) is 12.8 Å². The molecule has 1 heterocycles. The molecular weight excluding hydrogens is 301 g/mol. The van der Waals surface area contributed by atoms with Gasteiger partial charge in [-0.3, -0.25) is 14.2 Å². The lowest BCUT2D eigenvalue weighted by molar-refractivity contribution is -0.134. The predicted octanol–water partition coefficient (Wildman–Crippen LogP) is 2.34. The molecule has 0 bridgehead atoms. The third-order valence-electron chi connectivity index (χ3n) is 3.34. The molecule has 2 atom stereocenters. The van der Waals surface area contributed by atoms with Crippen molar-refractivity contribution in [2.45, 2.75) is 32.5 Å². The van der Waals surface area contributed by atoms with E-state index in [1.807, 2.05) is 0 Å². The van der Waals surface area contributed by atoms with Crippen LogP contribution in [0.4, 0.5) is 0 Å². The summed E-state index contributed by atoms with van der Waals surface area (Å²) < 4.78 is 22.5. The number of rotatable bonds is 6. The van der Waals surface area contributed by atoms with E-state index >= 15 is 0 Å². The molecule has 0 aromatic carbocycles. The molecule has 1 amide bonds. The summed E-state index contributed by atoms with van der Waals surface area (Å²) in [5.41, 5.74) is 0. The Hall–Kier alpha value is -0.360. The third-order valence-corrected chi connectivity index (χ3v) is 6.69. The molecular formula is C12H22NO5PS. The first kappa shape index (κ1) is 17.7. The van der Waals surface area contributed by atoms with Gasteiger partial charge in [0.2, 0.25) is 5.91 Å². The van der Waals surface area contributed by atoms with E-state index in [2.05, 4.69) is 0 Å². The molecule has 0 aromatic rings. The number of nitrogens with zero attached hydrogens (tertiary/aromatic N) is 1. The summed E-state index contributed by atoms with van der Waals surface area (Å²) in [7, 11) is -0.618. The average Bonchev–Trinajstić information content (AvgIpc) is 2.92. The average molecular weight is 323 g/mol. The van der Waals surface area contributed by atoms with E-state index in [1.54, 1.807) is 11.8 Å². The van der Waals surface area contributed by atoms with Gasteiger partial charge in [0.15, 0.2) is 5.12 Å². The molecule has 0 radical (unpaired) electrons. The smallest absolute Gasteiger partial charge is 0.328 e. The Bertz CT molecular complexity index is 409. The highest BCUT2D eigenvalue weighted by Crippen LogP contribution is 2.56. The number of thioether (sulfide) groups is 1. The molecule has 1 saturated heterocycles. The van der Waals surface area contributed by atoms with Gasteiger partial charge in [0.25, 0.3) is 0 Å². The van der Waals surface area contributed by atoms with Crippen molar-refractivity contribution in [2.75, 3.05) is 26.5 Å². The van der Waals surface area contributed by atoms with Crippen molar-refractivity contribution < 1.29 is 23.2 Å². The third kappa shape index (κ3) is 4.07. The van der Waals surface area contributed by atoms with Crippen LogP contribution in [0.5, 0.6) is 0 Å². The number of carbonyl (C=O) groups is 2. The summed E-state index contributed by atoms with van der Waals surface area (Å²) in [6.45, 7) is 3.80. The Morgan fingerprint density at radius 2 is 2.00 bits per heavy atom. The van der Waals surface area contributed by atoms with Gasteiger partial charge in [-0.25, -0.2) is 0 Å². The van der Waals surface area contributed by atoms with E-state index in [4.69, 9.17) is 9.05 Å². The van der Waals surface area contributed by atoms with Gasteiger partial charge in [0.05, 0.1) is 0 Å². The molecule has 6 nitrogen and oxygen atoms in total. The van der Waals surface area contributed by atoms with E-state index < -0.39 is 13.4 Å². The maximum atomic E-state index is 12.5. The highest BCUT2D eigenvalue weighted by atomic mass is 32.2. The molecule has 0 aromatic heterocycles. The van der Waals surface area contributed by atoms with Gasteiger partial charge in [-0.2, -0.15) is 0 Å². The van der Waals surface area contributed by atoms with Crippen molar-refractivity contribution in [2.24, 2.45) is 5.92 Å². The van der Waals surface area contributed by atoms with Crippen LogP contribution in [-0.4, -0.2) is 48.2 Å². The van der Waals surface area contributed by atoms with Crippen molar-refractivity contribution in [1.82, 2.24) is 4.90 Å². The second kappa shape index (κ2) is 7.59. The molecule has 20 heavy (non-hydrogen) atoms. The van der Waals surface area contributed by atoms with Gasteiger partial charge < -0.3 is 13.9 Å². The number of hydrogen-bond acceptors (Lipinski definition) is 6. The molecule has 8 heteroatoms. The van der Waals surface area contributed by atoms with Crippen molar-refractivity contribution in [3.05, 3.63) is 0 Å². The van der Waals surface area contributed by atoms with E-state index in [1.165, 1.54) is 21.1 Å². The minimum absolute atomic E-state index is 0.0120. The van der Waals surface area contributed by atoms with Crippen molar-refractivity contribution in [3.63, 3.8) is 0 Å². The Balaban J connectivity index is 2.76. The molecule has 0 saturated carbocycles. The lowest BCUT2D eigenvalue weighted by Gasteiger charge is -2.30. The standard InChI is InChI=1S/C12H22NO5PS/c1-9(8-20-10(2)14)12(15)13-7-5-6-11(13)19(16,17-3)18-4/h9,11H,5-8H2,1-4H3/t9-,11?/m1/s1. The maximum absolute atomic E-state index is 12.5. The van der Waals surface area contributed by atoms with Crippen LogP contribution in [0.2, 0.25) is 0 Å². The fraction of sp³-hybridized carbons (Fsp3) is 0.833. The lowest BCUT2D eigenvalue weighted by Crippen LogP contribution is -2.40. The molecule has 0 spiro atoms. The van der Waals surface area contributed by atoms with Crippen LogP contribution in [0.3, 0.4) is 0 Å². The summed E-state index contributed by atoms with van der Waals surface area (Å²) in [6.07, 6.45) is 1.39. The number of likely N-dealkylation sites (tertiary alicyclic amines) is 1. The van der Waals surface area contributed by atoms with E-state index in [-0.39, 0.29) is 16.9 Å². The van der Waals surface area contributed by atoms with Crippen molar-refractivity contribution in [3.8, 4) is 0 Å². The number of hydrogen-bond donors (Lipinski definition) is 0. The van der Waals surface area contributed by atoms with E-state index in [9.17, 15) is 14.2 Å². The largest absolute Gasteiger partial charge is 0.352 e. The monoisotopic (exact) mass is 323 g/mol. The van der Waals surface area contributed by atoms with Crippen molar-refractivity contribution in [1.29, 1.82) is 0 Å². The fourth-order valence-corrected chi connectivity index (χ4v) is 4.58. The summed E-state index contributed by atoms with van der Waals surface area (Å²) in [5.74, 6) is -0.487. The van der Waals surface area contributed by atoms with Crippen LogP contribution in [0, 0.1) is 5.92 Å². The first-order valence-corrected chi connectivity index (χ1v) is 9.10. The Labute approximate surface area is 124 Å². The zero-order valence-corrected chi connectivity index (χ0v) is 14.0. The van der Waals surface area contributed by atoms with Crippen LogP contribution in [-0.2, 0) is 23.2 Å². The minimum atomic E-state index is -3.29. The van der Waals surface area contributed by atoms with Gasteiger partial charge >= 0.3 is 7.60 Å². The number of amides is 1. The second-order valence-corrected chi connectivity index (χ2v) is 8.37. The Morgan fingerprint density at radius 3 is 2.50 bits per heavy atom. The number of carbonyl (C=O) groups excluding carboxylic acids is 2. The van der Waals surface area contributed by atoms with Crippen LogP contribution in [0.25, 0.3) is 0 Å². The highest BCUT2D eigenvalue weighted by Gasteiger charge is 2.44. The van der Waals surface area contributed by atoms with Crippen LogP contribution in [0.1, 0.15) is 26.7 Å². The zero-order valence-electron chi connectivity index (χ0n) is 12.3. The molecule has 1 aliphatic rings. The van der Waals surface area contributed by atoms with Crippen LogP contribution < -0.4 is 0 Å². The highest BCUT2D eigenvalue weighted by molar-refractivity contribution is 8.13. The van der Waals surface area contributed by atoms with Crippen LogP contribution >= 0.6 is 19.4 Å². The maximum Gasteiger partial charge on any atom is 0.352 e. The topological polar surface area (TPSA) is 72.9 Å². The Kier molecular flexibility index (Phi) is 6.72.